The monoisotopic (exact) mass is 583 g/mol. The molecule has 5 heterocycles. The van der Waals surface area contributed by atoms with Crippen LogP contribution >= 0.6 is 0 Å². The van der Waals surface area contributed by atoms with Gasteiger partial charge in [0, 0.05) is 44.8 Å². The Morgan fingerprint density at radius 1 is 0.884 bits per heavy atom. The summed E-state index contributed by atoms with van der Waals surface area (Å²) in [4.78, 5) is 44.2. The Hall–Kier alpha value is -5.33. The molecule has 3 aliphatic rings. The summed E-state index contributed by atoms with van der Waals surface area (Å²) in [6, 6.07) is 12.1. The number of piperazine rings is 1. The van der Waals surface area contributed by atoms with Crippen molar-refractivity contribution in [1.29, 1.82) is 0 Å². The van der Waals surface area contributed by atoms with Crippen molar-refractivity contribution in [2.24, 2.45) is 0 Å². The van der Waals surface area contributed by atoms with E-state index in [0.717, 1.165) is 11.1 Å². The molecule has 0 saturated carbocycles. The van der Waals surface area contributed by atoms with Crippen LogP contribution in [0.5, 0.6) is 23.0 Å². The van der Waals surface area contributed by atoms with Gasteiger partial charge in [0.1, 0.15) is 31.4 Å². The first kappa shape index (κ1) is 26.6. The second-order valence-corrected chi connectivity index (χ2v) is 10.3. The van der Waals surface area contributed by atoms with Crippen LogP contribution in [-0.4, -0.2) is 81.9 Å². The molecule has 13 heteroatoms. The van der Waals surface area contributed by atoms with Crippen LogP contribution in [0, 0.1) is 0 Å². The van der Waals surface area contributed by atoms with E-state index in [4.69, 9.17) is 18.9 Å². The van der Waals surface area contributed by atoms with Crippen LogP contribution in [0.1, 0.15) is 11.1 Å². The lowest BCUT2D eigenvalue weighted by Crippen LogP contribution is -2.61. The number of hydrogen-bond acceptors (Lipinski definition) is 10. The molecule has 1 atom stereocenters. The number of hydrogen-bond donors (Lipinski definition) is 1. The van der Waals surface area contributed by atoms with E-state index in [1.54, 1.807) is 46.5 Å². The normalized spacial score (nSPS) is 17.1. The van der Waals surface area contributed by atoms with E-state index in [9.17, 15) is 9.59 Å². The molecule has 1 fully saturated rings. The zero-order chi connectivity index (χ0) is 29.2. The molecule has 2 aromatic carbocycles. The van der Waals surface area contributed by atoms with E-state index in [0.29, 0.717) is 61.1 Å². The number of amides is 2. The molecule has 2 aromatic heterocycles. The van der Waals surface area contributed by atoms with Crippen LogP contribution in [0.25, 0.3) is 5.95 Å². The number of imidazole rings is 1. The molecule has 13 nitrogen and oxygen atoms in total. The summed E-state index contributed by atoms with van der Waals surface area (Å²) in [6.07, 6.45) is 6.84. The van der Waals surface area contributed by atoms with Crippen molar-refractivity contribution in [2.75, 3.05) is 44.5 Å². The fraction of sp³-hybridized carbons (Fsp3) is 0.300. The molecule has 3 aliphatic heterocycles. The van der Waals surface area contributed by atoms with E-state index >= 15 is 0 Å². The van der Waals surface area contributed by atoms with Gasteiger partial charge < -0.3 is 34.1 Å². The molecule has 0 spiro atoms. The average Bonchev–Trinajstić information content (AvgIpc) is 3.76. The molecule has 0 radical (unpaired) electrons. The van der Waals surface area contributed by atoms with Gasteiger partial charge in [0.15, 0.2) is 23.0 Å². The third-order valence-electron chi connectivity index (χ3n) is 7.56. The molecule has 2 amide bonds. The van der Waals surface area contributed by atoms with E-state index in [-0.39, 0.29) is 38.1 Å². The predicted molar refractivity (Wildman–Crippen MR) is 152 cm³/mol. The summed E-state index contributed by atoms with van der Waals surface area (Å²) >= 11 is 0. The van der Waals surface area contributed by atoms with Gasteiger partial charge in [0.25, 0.3) is 0 Å². The summed E-state index contributed by atoms with van der Waals surface area (Å²) in [6.45, 7) is 2.52. The number of nitrogens with one attached hydrogen (secondary N) is 1. The highest BCUT2D eigenvalue weighted by molar-refractivity contribution is 5.89. The molecule has 7 rings (SSSR count). The summed E-state index contributed by atoms with van der Waals surface area (Å²) < 4.78 is 23.9. The van der Waals surface area contributed by atoms with Crippen LogP contribution in [0.4, 0.5) is 5.82 Å². The van der Waals surface area contributed by atoms with E-state index in [2.05, 4.69) is 20.3 Å². The average molecular weight is 584 g/mol. The van der Waals surface area contributed by atoms with Gasteiger partial charge >= 0.3 is 0 Å². The van der Waals surface area contributed by atoms with Crippen LogP contribution in [0.15, 0.2) is 67.4 Å². The topological polar surface area (TPSA) is 133 Å². The first-order valence-electron chi connectivity index (χ1n) is 14.0. The lowest BCUT2D eigenvalue weighted by molar-refractivity contribution is -0.140. The number of ether oxygens (including phenoxy) is 4. The number of carbonyl (C=O) groups is 2. The van der Waals surface area contributed by atoms with Crippen molar-refractivity contribution in [3.63, 3.8) is 0 Å². The molecule has 0 bridgehead atoms. The number of carbonyl (C=O) groups excluding carboxylic acids is 2. The number of rotatable bonds is 7. The van der Waals surface area contributed by atoms with E-state index in [1.807, 2.05) is 35.2 Å². The Morgan fingerprint density at radius 2 is 1.65 bits per heavy atom. The van der Waals surface area contributed by atoms with E-state index < -0.39 is 6.04 Å². The Morgan fingerprint density at radius 3 is 2.51 bits per heavy atom. The molecule has 220 valence electrons. The number of nitrogens with zero attached hydrogens (tertiary/aromatic N) is 6. The molecule has 43 heavy (non-hydrogen) atoms. The predicted octanol–water partition coefficient (Wildman–Crippen LogP) is 1.74. The number of fused-ring (bicyclic) bond motifs is 2. The fourth-order valence-electron chi connectivity index (χ4n) is 5.36. The van der Waals surface area contributed by atoms with Gasteiger partial charge in [-0.2, -0.15) is 4.98 Å². The van der Waals surface area contributed by atoms with Crippen molar-refractivity contribution in [3.05, 3.63) is 78.5 Å². The summed E-state index contributed by atoms with van der Waals surface area (Å²) in [5.41, 5.74) is 1.65. The molecule has 0 aliphatic carbocycles. The Bertz CT molecular complexity index is 1650. The van der Waals surface area contributed by atoms with Crippen molar-refractivity contribution in [3.8, 4) is 28.9 Å². The molecule has 1 saturated heterocycles. The van der Waals surface area contributed by atoms with Crippen molar-refractivity contribution < 1.29 is 28.5 Å². The zero-order valence-corrected chi connectivity index (χ0v) is 23.2. The van der Waals surface area contributed by atoms with E-state index in [1.165, 1.54) is 0 Å². The minimum absolute atomic E-state index is 0.126. The maximum absolute atomic E-state index is 13.7. The Labute approximate surface area is 247 Å². The zero-order valence-electron chi connectivity index (χ0n) is 23.2. The number of benzene rings is 2. The lowest BCUT2D eigenvalue weighted by atomic mass is 10.1. The summed E-state index contributed by atoms with van der Waals surface area (Å²) in [5.74, 6) is 3.32. The van der Waals surface area contributed by atoms with Gasteiger partial charge in [-0.1, -0.05) is 12.1 Å². The first-order valence-corrected chi connectivity index (χ1v) is 14.0. The highest BCUT2D eigenvalue weighted by atomic mass is 16.7. The maximum Gasteiger partial charge on any atom is 0.244 e. The number of anilines is 1. The van der Waals surface area contributed by atoms with Gasteiger partial charge in [-0.3, -0.25) is 14.2 Å². The van der Waals surface area contributed by atoms with Gasteiger partial charge in [-0.05, 0) is 41.5 Å². The van der Waals surface area contributed by atoms with Crippen LogP contribution in [0.2, 0.25) is 0 Å². The smallest absolute Gasteiger partial charge is 0.244 e. The first-order chi connectivity index (χ1) is 21.1. The molecule has 1 N–H and O–H groups in total. The third-order valence-corrected chi connectivity index (χ3v) is 7.56. The second-order valence-electron chi connectivity index (χ2n) is 10.3. The van der Waals surface area contributed by atoms with Gasteiger partial charge in [0.05, 0.1) is 6.42 Å². The summed E-state index contributed by atoms with van der Waals surface area (Å²) in [7, 11) is 0. The maximum atomic E-state index is 13.7. The van der Waals surface area contributed by atoms with Crippen LogP contribution in [-0.2, 0) is 22.6 Å². The fourth-order valence-corrected chi connectivity index (χ4v) is 5.36. The van der Waals surface area contributed by atoms with Crippen LogP contribution in [0.3, 0.4) is 0 Å². The quantitative estimate of drug-likeness (QED) is 0.343. The third kappa shape index (κ3) is 5.61. The number of aromatic nitrogens is 4. The molecular formula is C30H29N7O6. The largest absolute Gasteiger partial charge is 0.486 e. The van der Waals surface area contributed by atoms with Gasteiger partial charge in [0.2, 0.25) is 24.6 Å². The van der Waals surface area contributed by atoms with Crippen molar-refractivity contribution in [1.82, 2.24) is 29.7 Å². The minimum atomic E-state index is -0.751. The lowest BCUT2D eigenvalue weighted by Gasteiger charge is -2.41. The Balaban J connectivity index is 1.10. The molecule has 1 unspecified atom stereocenters. The standard InChI is InChI=1S/C30H29N7O6/c38-28(15-20-1-3-24-26(13-20)43-19-42-24)37-10-9-35(27-5-6-32-30(34-27)36-8-7-31-18-36)17-22(37)29(39)33-16-21-2-4-23-25(14-21)41-12-11-40-23/h1-8,13-14,18,22H,9-12,15-17,19H2,(H,33,39). The van der Waals surface area contributed by atoms with Crippen LogP contribution < -0.4 is 29.2 Å². The van der Waals surface area contributed by atoms with Gasteiger partial charge in [-0.25, -0.2) is 9.97 Å². The second kappa shape index (κ2) is 11.5. The Kier molecular flexibility index (Phi) is 7.11. The van der Waals surface area contributed by atoms with Crippen molar-refractivity contribution in [2.45, 2.75) is 19.0 Å². The highest BCUT2D eigenvalue weighted by Crippen LogP contribution is 2.33. The molecule has 4 aromatic rings. The summed E-state index contributed by atoms with van der Waals surface area (Å²) in [5, 5.41) is 3.03. The SMILES string of the molecule is O=C(NCc1ccc2c(c1)OCCO2)C1CN(c2ccnc(-n3ccnc3)n2)CCN1C(=O)Cc1ccc2c(c1)OCO2. The molecular weight excluding hydrogens is 554 g/mol. The van der Waals surface area contributed by atoms with Crippen molar-refractivity contribution >= 4 is 17.6 Å². The minimum Gasteiger partial charge on any atom is -0.486 e. The van der Waals surface area contributed by atoms with Gasteiger partial charge in [-0.15, -0.1) is 0 Å². The highest BCUT2D eigenvalue weighted by Gasteiger charge is 2.36.